The Morgan fingerprint density at radius 1 is 1.22 bits per heavy atom. The van der Waals surface area contributed by atoms with Crippen LogP contribution in [0, 0.1) is 0 Å². The molecule has 0 unspecified atom stereocenters. The number of fused-ring (bicyclic) bond motifs is 1. The lowest BCUT2D eigenvalue weighted by Gasteiger charge is -2.18. The predicted octanol–water partition coefficient (Wildman–Crippen LogP) is 2.58. The van der Waals surface area contributed by atoms with Crippen molar-refractivity contribution in [2.45, 2.75) is 26.3 Å². The molecular formula is C13H15N5. The minimum Gasteiger partial charge on any atom is -0.337 e. The second kappa shape index (κ2) is 3.66. The van der Waals surface area contributed by atoms with Gasteiger partial charge in [0.2, 0.25) is 0 Å². The molecule has 0 bridgehead atoms. The summed E-state index contributed by atoms with van der Waals surface area (Å²) in [5.74, 6) is 0.827. The third-order valence-corrected chi connectivity index (χ3v) is 2.83. The van der Waals surface area contributed by atoms with E-state index in [-0.39, 0.29) is 5.54 Å². The van der Waals surface area contributed by atoms with Crippen LogP contribution >= 0.6 is 0 Å². The highest BCUT2D eigenvalue weighted by atomic mass is 15.3. The van der Waals surface area contributed by atoms with Crippen molar-refractivity contribution in [2.24, 2.45) is 0 Å². The fourth-order valence-corrected chi connectivity index (χ4v) is 1.81. The van der Waals surface area contributed by atoms with Gasteiger partial charge >= 0.3 is 0 Å². The summed E-state index contributed by atoms with van der Waals surface area (Å²) in [7, 11) is 0. The fraction of sp³-hybridized carbons (Fsp3) is 0.308. The van der Waals surface area contributed by atoms with E-state index in [9.17, 15) is 0 Å². The second-order valence-electron chi connectivity index (χ2n) is 5.32. The number of hydrogen-bond acceptors (Lipinski definition) is 3. The van der Waals surface area contributed by atoms with Crippen molar-refractivity contribution in [3.63, 3.8) is 0 Å². The quantitative estimate of drug-likeness (QED) is 0.712. The van der Waals surface area contributed by atoms with Crippen LogP contribution in [0.15, 0.2) is 30.9 Å². The van der Waals surface area contributed by atoms with Gasteiger partial charge in [-0.1, -0.05) is 0 Å². The van der Waals surface area contributed by atoms with E-state index < -0.39 is 0 Å². The van der Waals surface area contributed by atoms with Crippen molar-refractivity contribution in [3.05, 3.63) is 30.9 Å². The van der Waals surface area contributed by atoms with Gasteiger partial charge in [-0.05, 0) is 26.8 Å². The Labute approximate surface area is 105 Å². The molecule has 0 saturated carbocycles. The molecule has 0 spiro atoms. The van der Waals surface area contributed by atoms with Gasteiger partial charge in [-0.3, -0.25) is 9.67 Å². The number of nitrogens with one attached hydrogen (secondary N) is 1. The summed E-state index contributed by atoms with van der Waals surface area (Å²) in [6.07, 6.45) is 7.35. The van der Waals surface area contributed by atoms with Crippen LogP contribution in [0.2, 0.25) is 0 Å². The van der Waals surface area contributed by atoms with Crippen molar-refractivity contribution in [1.82, 2.24) is 24.7 Å². The normalized spacial score (nSPS) is 12.2. The van der Waals surface area contributed by atoms with Crippen molar-refractivity contribution in [3.8, 4) is 11.4 Å². The van der Waals surface area contributed by atoms with Crippen molar-refractivity contribution in [2.75, 3.05) is 0 Å². The topological polar surface area (TPSA) is 59.4 Å². The van der Waals surface area contributed by atoms with Gasteiger partial charge in [-0.15, -0.1) is 0 Å². The lowest BCUT2D eigenvalue weighted by molar-refractivity contribution is 0.355. The number of hydrogen-bond donors (Lipinski definition) is 1. The largest absolute Gasteiger partial charge is 0.337 e. The summed E-state index contributed by atoms with van der Waals surface area (Å²) in [5, 5.41) is 4.38. The number of aromatic amines is 1. The first-order chi connectivity index (χ1) is 8.54. The zero-order valence-electron chi connectivity index (χ0n) is 10.7. The lowest BCUT2D eigenvalue weighted by atomic mass is 10.1. The van der Waals surface area contributed by atoms with E-state index in [1.807, 2.05) is 23.1 Å². The molecule has 0 radical (unpaired) electrons. The summed E-state index contributed by atoms with van der Waals surface area (Å²) in [4.78, 5) is 11.9. The van der Waals surface area contributed by atoms with E-state index in [0.29, 0.717) is 0 Å². The van der Waals surface area contributed by atoms with Crippen LogP contribution in [-0.4, -0.2) is 24.7 Å². The first-order valence-electron chi connectivity index (χ1n) is 5.89. The smallest absolute Gasteiger partial charge is 0.141 e. The van der Waals surface area contributed by atoms with Crippen LogP contribution < -0.4 is 0 Å². The molecule has 3 aromatic rings. The average Bonchev–Trinajstić information content (AvgIpc) is 2.94. The van der Waals surface area contributed by atoms with Crippen molar-refractivity contribution >= 4 is 11.0 Å². The van der Waals surface area contributed by atoms with Gasteiger partial charge in [0.1, 0.15) is 5.82 Å². The van der Waals surface area contributed by atoms with Crippen LogP contribution in [-0.2, 0) is 5.54 Å². The summed E-state index contributed by atoms with van der Waals surface area (Å²) in [6, 6.07) is 1.89. The molecule has 0 aliphatic rings. The summed E-state index contributed by atoms with van der Waals surface area (Å²) in [6.45, 7) is 6.35. The van der Waals surface area contributed by atoms with Crippen LogP contribution in [0.25, 0.3) is 22.4 Å². The molecule has 18 heavy (non-hydrogen) atoms. The Hall–Kier alpha value is -2.17. The number of aromatic nitrogens is 5. The van der Waals surface area contributed by atoms with Gasteiger partial charge < -0.3 is 4.98 Å². The highest BCUT2D eigenvalue weighted by Crippen LogP contribution is 2.21. The maximum Gasteiger partial charge on any atom is 0.141 e. The van der Waals surface area contributed by atoms with E-state index in [1.165, 1.54) is 0 Å². The molecule has 0 aliphatic carbocycles. The summed E-state index contributed by atoms with van der Waals surface area (Å²) in [5.41, 5.74) is 2.83. The third kappa shape index (κ3) is 1.77. The number of imidazole rings is 1. The Balaban J connectivity index is 2.06. The number of rotatable bonds is 1. The first-order valence-corrected chi connectivity index (χ1v) is 5.89. The van der Waals surface area contributed by atoms with Gasteiger partial charge in [0, 0.05) is 12.4 Å². The average molecular weight is 241 g/mol. The van der Waals surface area contributed by atoms with Crippen LogP contribution in [0.5, 0.6) is 0 Å². The molecule has 0 aliphatic heterocycles. The zero-order valence-corrected chi connectivity index (χ0v) is 10.7. The number of H-pyrrole nitrogens is 1. The molecule has 0 aromatic carbocycles. The number of pyridine rings is 1. The SMILES string of the molecule is CC(C)(C)n1cc(-c2nc3ccncc3[nH]2)cn1. The van der Waals surface area contributed by atoms with E-state index >= 15 is 0 Å². The monoisotopic (exact) mass is 241 g/mol. The lowest BCUT2D eigenvalue weighted by Crippen LogP contribution is -2.21. The molecule has 3 aromatic heterocycles. The van der Waals surface area contributed by atoms with Gasteiger partial charge in [0.25, 0.3) is 0 Å². The summed E-state index contributed by atoms with van der Waals surface area (Å²) < 4.78 is 1.94. The Morgan fingerprint density at radius 3 is 2.72 bits per heavy atom. The molecule has 0 fully saturated rings. The molecule has 1 N–H and O–H groups in total. The first kappa shape index (κ1) is 11.0. The standard InChI is InChI=1S/C13H15N5/c1-13(2,3)18-8-9(6-15-18)12-16-10-4-5-14-7-11(10)17-12/h4-8H,1-3H3,(H,16,17). The van der Waals surface area contributed by atoms with Gasteiger partial charge in [0.15, 0.2) is 0 Å². The highest BCUT2D eigenvalue weighted by Gasteiger charge is 2.15. The molecule has 5 heteroatoms. The maximum atomic E-state index is 4.53. The van der Waals surface area contributed by atoms with Crippen LogP contribution in [0.3, 0.4) is 0 Å². The predicted molar refractivity (Wildman–Crippen MR) is 70.1 cm³/mol. The maximum absolute atomic E-state index is 4.53. The summed E-state index contributed by atoms with van der Waals surface area (Å²) >= 11 is 0. The molecule has 0 saturated heterocycles. The Kier molecular flexibility index (Phi) is 2.23. The third-order valence-electron chi connectivity index (χ3n) is 2.83. The number of nitrogens with zero attached hydrogens (tertiary/aromatic N) is 4. The Bertz CT molecular complexity index is 654. The minimum atomic E-state index is -0.0220. The molecule has 3 heterocycles. The van der Waals surface area contributed by atoms with E-state index in [0.717, 1.165) is 22.4 Å². The van der Waals surface area contributed by atoms with Gasteiger partial charge in [-0.25, -0.2) is 4.98 Å². The highest BCUT2D eigenvalue weighted by molar-refractivity contribution is 5.77. The molecule has 92 valence electrons. The van der Waals surface area contributed by atoms with Crippen molar-refractivity contribution in [1.29, 1.82) is 0 Å². The second-order valence-corrected chi connectivity index (χ2v) is 5.32. The van der Waals surface area contributed by atoms with E-state index in [4.69, 9.17) is 0 Å². The molecule has 5 nitrogen and oxygen atoms in total. The Morgan fingerprint density at radius 2 is 2.06 bits per heavy atom. The van der Waals surface area contributed by atoms with Gasteiger partial charge in [-0.2, -0.15) is 5.10 Å². The molecule has 3 rings (SSSR count). The fourth-order valence-electron chi connectivity index (χ4n) is 1.81. The molecule has 0 amide bonds. The van der Waals surface area contributed by atoms with Gasteiger partial charge in [0.05, 0.1) is 34.5 Å². The minimum absolute atomic E-state index is 0.0220. The van der Waals surface area contributed by atoms with Crippen LogP contribution in [0.1, 0.15) is 20.8 Å². The zero-order chi connectivity index (χ0) is 12.8. The van der Waals surface area contributed by atoms with Crippen LogP contribution in [0.4, 0.5) is 0 Å². The van der Waals surface area contributed by atoms with E-state index in [2.05, 4.69) is 40.8 Å². The van der Waals surface area contributed by atoms with Crippen molar-refractivity contribution < 1.29 is 0 Å². The van der Waals surface area contributed by atoms with E-state index in [1.54, 1.807) is 12.4 Å². The molecular weight excluding hydrogens is 226 g/mol. The molecule has 0 atom stereocenters.